The lowest BCUT2D eigenvalue weighted by Gasteiger charge is -2.34. The topological polar surface area (TPSA) is 105 Å². The molecule has 0 saturated carbocycles. The van der Waals surface area contributed by atoms with Crippen LogP contribution in [0.1, 0.15) is 26.7 Å². The van der Waals surface area contributed by atoms with E-state index in [1.165, 1.54) is 10.4 Å². The summed E-state index contributed by atoms with van der Waals surface area (Å²) in [5, 5.41) is 0. The van der Waals surface area contributed by atoms with Crippen LogP contribution in [-0.2, 0) is 19.7 Å². The van der Waals surface area contributed by atoms with E-state index in [4.69, 9.17) is 0 Å². The Bertz CT molecular complexity index is 472. The van der Waals surface area contributed by atoms with Crippen LogP contribution in [0.3, 0.4) is 0 Å². The third-order valence-corrected chi connectivity index (χ3v) is 4.40. The van der Waals surface area contributed by atoms with Crippen molar-refractivity contribution < 1.29 is 22.7 Å². The van der Waals surface area contributed by atoms with Gasteiger partial charge in [0.15, 0.2) is 0 Å². The molecule has 0 aliphatic carbocycles. The summed E-state index contributed by atoms with van der Waals surface area (Å²) < 4.78 is 31.4. The van der Waals surface area contributed by atoms with Crippen LogP contribution >= 0.6 is 0 Å². The van der Waals surface area contributed by atoms with Crippen molar-refractivity contribution in [3.63, 3.8) is 0 Å². The second kappa shape index (κ2) is 6.65. The molecule has 8 nitrogen and oxygen atoms in total. The van der Waals surface area contributed by atoms with Gasteiger partial charge in [-0.3, -0.25) is 0 Å². The third kappa shape index (κ3) is 4.30. The highest BCUT2D eigenvalue weighted by Gasteiger charge is 2.34. The van der Waals surface area contributed by atoms with Crippen LogP contribution in [0.2, 0.25) is 0 Å². The third-order valence-electron chi connectivity index (χ3n) is 2.82. The first-order valence-electron chi connectivity index (χ1n) is 5.94. The van der Waals surface area contributed by atoms with Crippen molar-refractivity contribution in [1.82, 2.24) is 9.03 Å². The Balaban J connectivity index is 2.70. The van der Waals surface area contributed by atoms with E-state index in [0.29, 0.717) is 12.8 Å². The summed E-state index contributed by atoms with van der Waals surface area (Å²) in [5.41, 5.74) is 0. The van der Waals surface area contributed by atoms with Gasteiger partial charge in [0.1, 0.15) is 0 Å². The highest BCUT2D eigenvalue weighted by atomic mass is 32.2. The van der Waals surface area contributed by atoms with Gasteiger partial charge in [0.2, 0.25) is 6.08 Å². The molecule has 1 aliphatic heterocycles. The van der Waals surface area contributed by atoms with Crippen molar-refractivity contribution >= 4 is 22.4 Å². The number of piperidine rings is 1. The Morgan fingerprint density at radius 1 is 1.58 bits per heavy atom. The van der Waals surface area contributed by atoms with Crippen LogP contribution < -0.4 is 4.72 Å². The Morgan fingerprint density at radius 2 is 2.26 bits per heavy atom. The minimum absolute atomic E-state index is 0.0903. The number of nitrogens with one attached hydrogen (secondary N) is 1. The monoisotopic (exact) mass is 291 g/mol. The fraction of sp³-hybridized carbons (Fsp3) is 0.800. The summed E-state index contributed by atoms with van der Waals surface area (Å²) in [4.78, 5) is 24.9. The Morgan fingerprint density at radius 3 is 2.79 bits per heavy atom. The van der Waals surface area contributed by atoms with Gasteiger partial charge in [-0.1, -0.05) is 0 Å². The molecule has 0 aromatic rings. The average Bonchev–Trinajstić information content (AvgIpc) is 2.28. The average molecular weight is 291 g/mol. The maximum atomic E-state index is 12.0. The summed E-state index contributed by atoms with van der Waals surface area (Å²) >= 11 is 0. The highest BCUT2D eigenvalue weighted by molar-refractivity contribution is 7.87. The molecule has 1 fully saturated rings. The quantitative estimate of drug-likeness (QED) is 0.587. The SMILES string of the molecule is CCOC(=O)NS(=O)(=O)N1CCC(N=C=O)CC1C. The van der Waals surface area contributed by atoms with Crippen LogP contribution in [0, 0.1) is 0 Å². The molecule has 2 atom stereocenters. The fourth-order valence-corrected chi connectivity index (χ4v) is 3.29. The molecule has 9 heteroatoms. The molecular weight excluding hydrogens is 274 g/mol. The molecule has 0 bridgehead atoms. The fourth-order valence-electron chi connectivity index (χ4n) is 2.00. The minimum atomic E-state index is -3.92. The lowest BCUT2D eigenvalue weighted by Crippen LogP contribution is -2.51. The molecule has 0 spiro atoms. The van der Waals surface area contributed by atoms with E-state index in [1.807, 2.05) is 4.72 Å². The van der Waals surface area contributed by atoms with Crippen molar-refractivity contribution in [3.05, 3.63) is 0 Å². The molecule has 1 amide bonds. The van der Waals surface area contributed by atoms with Gasteiger partial charge in [-0.15, -0.1) is 0 Å². The maximum absolute atomic E-state index is 12.0. The van der Waals surface area contributed by atoms with Crippen molar-refractivity contribution in [2.75, 3.05) is 13.2 Å². The lowest BCUT2D eigenvalue weighted by molar-refractivity contribution is 0.157. The van der Waals surface area contributed by atoms with Crippen LogP contribution in [0.5, 0.6) is 0 Å². The van der Waals surface area contributed by atoms with Gasteiger partial charge >= 0.3 is 16.3 Å². The first-order valence-corrected chi connectivity index (χ1v) is 7.38. The first-order chi connectivity index (χ1) is 8.90. The number of carbonyl (C=O) groups excluding carboxylic acids is 2. The molecule has 1 rings (SSSR count). The van der Waals surface area contributed by atoms with Crippen LogP contribution in [0.25, 0.3) is 0 Å². The molecule has 1 heterocycles. The van der Waals surface area contributed by atoms with Crippen LogP contribution in [-0.4, -0.2) is 50.1 Å². The molecule has 1 aliphatic rings. The zero-order chi connectivity index (χ0) is 14.5. The summed E-state index contributed by atoms with van der Waals surface area (Å²) in [6, 6.07) is -0.579. The number of amides is 1. The second-order valence-electron chi connectivity index (χ2n) is 4.19. The molecule has 2 unspecified atom stereocenters. The van der Waals surface area contributed by atoms with Crippen molar-refractivity contribution in [2.24, 2.45) is 4.99 Å². The summed E-state index contributed by atoms with van der Waals surface area (Å²) in [5.74, 6) is 0. The van der Waals surface area contributed by atoms with Gasteiger partial charge in [0.05, 0.1) is 12.6 Å². The van der Waals surface area contributed by atoms with Gasteiger partial charge in [-0.05, 0) is 26.7 Å². The first kappa shape index (κ1) is 15.6. The van der Waals surface area contributed by atoms with Gasteiger partial charge in [-0.25, -0.2) is 19.3 Å². The second-order valence-corrected chi connectivity index (χ2v) is 5.81. The highest BCUT2D eigenvalue weighted by Crippen LogP contribution is 2.21. The van der Waals surface area contributed by atoms with Crippen molar-refractivity contribution in [1.29, 1.82) is 0 Å². The number of ether oxygens (including phenoxy) is 1. The van der Waals surface area contributed by atoms with Crippen molar-refractivity contribution in [2.45, 2.75) is 38.8 Å². The van der Waals surface area contributed by atoms with E-state index in [9.17, 15) is 18.0 Å². The molecule has 0 aromatic carbocycles. The minimum Gasteiger partial charge on any atom is -0.449 e. The Kier molecular flexibility index (Phi) is 5.46. The van der Waals surface area contributed by atoms with E-state index in [-0.39, 0.29) is 25.2 Å². The zero-order valence-corrected chi connectivity index (χ0v) is 11.6. The van der Waals surface area contributed by atoms with E-state index in [2.05, 4.69) is 9.73 Å². The number of hydrogen-bond acceptors (Lipinski definition) is 6. The molecule has 0 aromatic heterocycles. The van der Waals surface area contributed by atoms with Gasteiger partial charge in [0, 0.05) is 12.6 Å². The van der Waals surface area contributed by atoms with E-state index in [0.717, 1.165) is 0 Å². The molecule has 1 saturated heterocycles. The predicted molar refractivity (Wildman–Crippen MR) is 66.4 cm³/mol. The van der Waals surface area contributed by atoms with Gasteiger partial charge in [-0.2, -0.15) is 12.7 Å². The summed E-state index contributed by atoms with van der Waals surface area (Å²) in [6.07, 6.45) is 1.32. The number of hydrogen-bond donors (Lipinski definition) is 1. The molecule has 1 N–H and O–H groups in total. The van der Waals surface area contributed by atoms with Gasteiger partial charge in [0.25, 0.3) is 0 Å². The summed E-state index contributed by atoms with van der Waals surface area (Å²) in [7, 11) is -3.92. The Labute approximate surface area is 112 Å². The molecular formula is C10H17N3O5S. The van der Waals surface area contributed by atoms with E-state index < -0.39 is 16.3 Å². The molecule has 0 radical (unpaired) electrons. The molecule has 19 heavy (non-hydrogen) atoms. The Hall–Kier alpha value is -1.44. The normalized spacial score (nSPS) is 24.3. The number of carbonyl (C=O) groups is 1. The smallest absolute Gasteiger partial charge is 0.421 e. The van der Waals surface area contributed by atoms with E-state index in [1.54, 1.807) is 13.8 Å². The number of nitrogens with zero attached hydrogens (tertiary/aromatic N) is 2. The molecule has 108 valence electrons. The van der Waals surface area contributed by atoms with Crippen LogP contribution in [0.15, 0.2) is 4.99 Å². The maximum Gasteiger partial charge on any atom is 0.421 e. The summed E-state index contributed by atoms with van der Waals surface area (Å²) in [6.45, 7) is 3.55. The van der Waals surface area contributed by atoms with E-state index >= 15 is 0 Å². The number of rotatable bonds is 4. The predicted octanol–water partition coefficient (Wildman–Crippen LogP) is 0.166. The lowest BCUT2D eigenvalue weighted by atomic mass is 10.0. The standard InChI is InChI=1S/C10H17N3O5S/c1-3-18-10(15)12-19(16,17)13-5-4-9(11-7-14)6-8(13)2/h8-9H,3-6H2,1-2H3,(H,12,15). The largest absolute Gasteiger partial charge is 0.449 e. The number of aliphatic imine (C=N–C) groups is 1. The zero-order valence-electron chi connectivity index (χ0n) is 10.8. The number of isocyanates is 1. The van der Waals surface area contributed by atoms with Crippen molar-refractivity contribution in [3.8, 4) is 0 Å². The van der Waals surface area contributed by atoms with Gasteiger partial charge < -0.3 is 4.74 Å². The van der Waals surface area contributed by atoms with Crippen LogP contribution in [0.4, 0.5) is 4.79 Å².